The smallest absolute Gasteiger partial charge is 0.327 e. The monoisotopic (exact) mass is 353 g/mol. The molecular formula is C17H24BrNO2. The summed E-state index contributed by atoms with van der Waals surface area (Å²) in [6.07, 6.45) is 7.37. The lowest BCUT2D eigenvalue weighted by Gasteiger charge is -2.24. The number of benzene rings is 1. The average Bonchev–Trinajstić information content (AvgIpc) is 2.75. The van der Waals surface area contributed by atoms with Gasteiger partial charge in [0, 0.05) is 10.5 Å². The first-order chi connectivity index (χ1) is 10.1. The lowest BCUT2D eigenvalue weighted by atomic mass is 10.0. The highest BCUT2D eigenvalue weighted by atomic mass is 79.9. The van der Waals surface area contributed by atoms with Crippen LogP contribution in [0.1, 0.15) is 55.7 Å². The van der Waals surface area contributed by atoms with Crippen LogP contribution in [0.15, 0.2) is 22.7 Å². The first-order valence-electron chi connectivity index (χ1n) is 7.71. The maximum Gasteiger partial charge on any atom is 0.327 e. The molecule has 1 atom stereocenters. The van der Waals surface area contributed by atoms with Crippen LogP contribution in [0, 0.1) is 6.92 Å². The number of ether oxygens (including phenoxy) is 1. The fourth-order valence-electron chi connectivity index (χ4n) is 2.95. The predicted molar refractivity (Wildman–Crippen MR) is 88.3 cm³/mol. The van der Waals surface area contributed by atoms with Crippen LogP contribution in [0.3, 0.4) is 0 Å². The highest BCUT2D eigenvalue weighted by Gasteiger charge is 2.25. The summed E-state index contributed by atoms with van der Waals surface area (Å²) in [7, 11) is 1.45. The molecule has 1 aliphatic carbocycles. The SMILES string of the molecule is COC(=O)C(NC1CCCCCC1)c1ccc(Br)c(C)c1. The Labute approximate surface area is 135 Å². The fraction of sp³-hybridized carbons (Fsp3) is 0.588. The summed E-state index contributed by atoms with van der Waals surface area (Å²) in [6, 6.07) is 6.07. The van der Waals surface area contributed by atoms with Crippen molar-refractivity contribution in [3.05, 3.63) is 33.8 Å². The van der Waals surface area contributed by atoms with Crippen molar-refractivity contribution in [1.82, 2.24) is 5.32 Å². The van der Waals surface area contributed by atoms with Crippen molar-refractivity contribution in [2.24, 2.45) is 0 Å². The Kier molecular flexibility index (Phi) is 6.24. The number of rotatable bonds is 4. The van der Waals surface area contributed by atoms with Gasteiger partial charge in [0.15, 0.2) is 0 Å². The number of aryl methyl sites for hydroxylation is 1. The third-order valence-corrected chi connectivity index (χ3v) is 5.10. The zero-order valence-electron chi connectivity index (χ0n) is 12.8. The maximum atomic E-state index is 12.2. The predicted octanol–water partition coefficient (Wildman–Crippen LogP) is 4.28. The van der Waals surface area contributed by atoms with Crippen LogP contribution in [0.5, 0.6) is 0 Å². The largest absolute Gasteiger partial charge is 0.468 e. The fourth-order valence-corrected chi connectivity index (χ4v) is 3.19. The molecule has 1 aromatic carbocycles. The molecule has 3 nitrogen and oxygen atoms in total. The zero-order valence-corrected chi connectivity index (χ0v) is 14.4. The van der Waals surface area contributed by atoms with Crippen molar-refractivity contribution in [3.8, 4) is 0 Å². The van der Waals surface area contributed by atoms with Gasteiger partial charge in [-0.25, -0.2) is 4.79 Å². The molecule has 0 aromatic heterocycles. The number of halogens is 1. The van der Waals surface area contributed by atoms with Crippen LogP contribution in [0.25, 0.3) is 0 Å². The maximum absolute atomic E-state index is 12.2. The van der Waals surface area contributed by atoms with Crippen LogP contribution >= 0.6 is 15.9 Å². The molecule has 116 valence electrons. The number of hydrogen-bond donors (Lipinski definition) is 1. The van der Waals surface area contributed by atoms with Crippen molar-refractivity contribution in [2.75, 3.05) is 7.11 Å². The highest BCUT2D eigenvalue weighted by molar-refractivity contribution is 9.10. The van der Waals surface area contributed by atoms with E-state index in [1.165, 1.54) is 32.8 Å². The van der Waals surface area contributed by atoms with Crippen molar-refractivity contribution in [2.45, 2.75) is 57.5 Å². The summed E-state index contributed by atoms with van der Waals surface area (Å²) in [5.41, 5.74) is 2.11. The number of esters is 1. The molecular weight excluding hydrogens is 330 g/mol. The van der Waals surface area contributed by atoms with Gasteiger partial charge in [-0.05, 0) is 37.0 Å². The molecule has 0 spiro atoms. The minimum Gasteiger partial charge on any atom is -0.468 e. The van der Waals surface area contributed by atoms with Gasteiger partial charge in [-0.1, -0.05) is 53.7 Å². The summed E-state index contributed by atoms with van der Waals surface area (Å²) in [5, 5.41) is 3.52. The van der Waals surface area contributed by atoms with Crippen LogP contribution in [0.4, 0.5) is 0 Å². The molecule has 2 rings (SSSR count). The Morgan fingerprint density at radius 3 is 2.52 bits per heavy atom. The van der Waals surface area contributed by atoms with Gasteiger partial charge in [-0.2, -0.15) is 0 Å². The molecule has 0 amide bonds. The van der Waals surface area contributed by atoms with E-state index in [9.17, 15) is 4.79 Å². The third-order valence-electron chi connectivity index (χ3n) is 4.21. The Morgan fingerprint density at radius 1 is 1.29 bits per heavy atom. The first-order valence-corrected chi connectivity index (χ1v) is 8.51. The van der Waals surface area contributed by atoms with Crippen molar-refractivity contribution < 1.29 is 9.53 Å². The molecule has 1 saturated carbocycles. The molecule has 1 aromatic rings. The summed E-state index contributed by atoms with van der Waals surface area (Å²) in [4.78, 5) is 12.2. The molecule has 0 saturated heterocycles. The molecule has 0 heterocycles. The minimum absolute atomic E-state index is 0.207. The molecule has 0 radical (unpaired) electrons. The van der Waals surface area contributed by atoms with Crippen molar-refractivity contribution >= 4 is 21.9 Å². The molecule has 0 aliphatic heterocycles. The summed E-state index contributed by atoms with van der Waals surface area (Å²) < 4.78 is 6.06. The van der Waals surface area contributed by atoms with Gasteiger partial charge in [0.1, 0.15) is 6.04 Å². The number of hydrogen-bond acceptors (Lipinski definition) is 3. The molecule has 21 heavy (non-hydrogen) atoms. The summed E-state index contributed by atoms with van der Waals surface area (Å²) >= 11 is 3.50. The van der Waals surface area contributed by atoms with Crippen LogP contribution in [0.2, 0.25) is 0 Å². The quantitative estimate of drug-likeness (QED) is 0.648. The molecule has 1 fully saturated rings. The highest BCUT2D eigenvalue weighted by Crippen LogP contribution is 2.25. The van der Waals surface area contributed by atoms with Crippen molar-refractivity contribution in [1.29, 1.82) is 0 Å². The van der Waals surface area contributed by atoms with E-state index in [0.717, 1.165) is 28.4 Å². The van der Waals surface area contributed by atoms with E-state index in [1.807, 2.05) is 19.1 Å². The zero-order chi connectivity index (χ0) is 15.2. The van der Waals surface area contributed by atoms with E-state index in [-0.39, 0.29) is 12.0 Å². The summed E-state index contributed by atoms with van der Waals surface area (Å²) in [6.45, 7) is 2.04. The van der Waals surface area contributed by atoms with E-state index in [0.29, 0.717) is 6.04 Å². The second-order valence-corrected chi connectivity index (χ2v) is 6.67. The van der Waals surface area contributed by atoms with Gasteiger partial charge in [0.25, 0.3) is 0 Å². The average molecular weight is 354 g/mol. The first kappa shape index (κ1) is 16.5. The number of carbonyl (C=O) groups is 1. The van der Waals surface area contributed by atoms with E-state index < -0.39 is 0 Å². The van der Waals surface area contributed by atoms with Gasteiger partial charge in [0.2, 0.25) is 0 Å². The Bertz CT molecular complexity index is 482. The lowest BCUT2D eigenvalue weighted by Crippen LogP contribution is -2.37. The van der Waals surface area contributed by atoms with Gasteiger partial charge < -0.3 is 4.74 Å². The summed E-state index contributed by atoms with van der Waals surface area (Å²) in [5.74, 6) is -0.207. The molecule has 1 N–H and O–H groups in total. The minimum atomic E-state index is -0.370. The van der Waals surface area contributed by atoms with Crippen LogP contribution < -0.4 is 5.32 Å². The topological polar surface area (TPSA) is 38.3 Å². The van der Waals surface area contributed by atoms with E-state index in [4.69, 9.17) is 4.74 Å². The Hall–Kier alpha value is -0.870. The standard InChI is InChI=1S/C17H24BrNO2/c1-12-11-13(9-10-15(12)18)16(17(20)21-2)19-14-7-5-3-4-6-8-14/h9-11,14,16,19H,3-8H2,1-2H3. The number of methoxy groups -OCH3 is 1. The van der Waals surface area contributed by atoms with Crippen LogP contribution in [-0.2, 0) is 9.53 Å². The molecule has 1 unspecified atom stereocenters. The number of nitrogens with one attached hydrogen (secondary N) is 1. The molecule has 1 aliphatic rings. The van der Waals surface area contributed by atoms with Gasteiger partial charge >= 0.3 is 5.97 Å². The second kappa shape index (κ2) is 7.95. The van der Waals surface area contributed by atoms with Gasteiger partial charge in [-0.3, -0.25) is 5.32 Å². The molecule has 0 bridgehead atoms. The third kappa shape index (κ3) is 4.55. The lowest BCUT2D eigenvalue weighted by molar-refractivity contribution is -0.143. The normalized spacial score (nSPS) is 18.0. The number of carbonyl (C=O) groups excluding carboxylic acids is 1. The van der Waals surface area contributed by atoms with E-state index in [1.54, 1.807) is 0 Å². The molecule has 4 heteroatoms. The van der Waals surface area contributed by atoms with E-state index >= 15 is 0 Å². The van der Waals surface area contributed by atoms with Crippen molar-refractivity contribution in [3.63, 3.8) is 0 Å². The Balaban J connectivity index is 2.17. The second-order valence-electron chi connectivity index (χ2n) is 5.82. The van der Waals surface area contributed by atoms with Crippen LogP contribution in [-0.4, -0.2) is 19.1 Å². The van der Waals surface area contributed by atoms with Gasteiger partial charge in [0.05, 0.1) is 7.11 Å². The van der Waals surface area contributed by atoms with Gasteiger partial charge in [-0.15, -0.1) is 0 Å². The Morgan fingerprint density at radius 2 is 1.95 bits per heavy atom. The van der Waals surface area contributed by atoms with E-state index in [2.05, 4.69) is 27.3 Å².